The molecule has 0 spiro atoms. The minimum absolute atomic E-state index is 0.0420. The van der Waals surface area contributed by atoms with Gasteiger partial charge in [-0.2, -0.15) is 0 Å². The van der Waals surface area contributed by atoms with Gasteiger partial charge in [-0.15, -0.1) is 0 Å². The number of aliphatic hydroxyl groups excluding tert-OH is 1. The Morgan fingerprint density at radius 3 is 2.72 bits per heavy atom. The minimum Gasteiger partial charge on any atom is -0.396 e. The molecule has 1 saturated heterocycles. The molecule has 1 aliphatic carbocycles. The topological polar surface area (TPSA) is 95.0 Å². The van der Waals surface area contributed by atoms with Crippen LogP contribution in [-0.4, -0.2) is 50.5 Å². The van der Waals surface area contributed by atoms with Gasteiger partial charge in [0.25, 0.3) is 0 Å². The maximum atomic E-state index is 12.8. The highest BCUT2D eigenvalue weighted by molar-refractivity contribution is 6.08. The molecule has 0 amide bonds. The van der Waals surface area contributed by atoms with Crippen molar-refractivity contribution in [3.05, 3.63) is 36.3 Å². The van der Waals surface area contributed by atoms with Crippen LogP contribution in [0.4, 0.5) is 5.82 Å². The fraction of sp³-hybridized carbons (Fsp3) is 0.455. The lowest BCUT2D eigenvalue weighted by Crippen LogP contribution is -2.25. The lowest BCUT2D eigenvalue weighted by atomic mass is 9.87. The van der Waals surface area contributed by atoms with Crippen molar-refractivity contribution < 1.29 is 9.90 Å². The van der Waals surface area contributed by atoms with Crippen molar-refractivity contribution in [3.8, 4) is 11.3 Å². The van der Waals surface area contributed by atoms with Crippen molar-refractivity contribution in [3.63, 3.8) is 0 Å². The quantitative estimate of drug-likeness (QED) is 0.664. The first-order chi connectivity index (χ1) is 13.9. The third-order valence-electron chi connectivity index (χ3n) is 6.25. The Labute approximate surface area is 169 Å². The number of ketones is 1. The van der Waals surface area contributed by atoms with Crippen molar-refractivity contribution in [1.29, 1.82) is 0 Å². The van der Waals surface area contributed by atoms with Crippen LogP contribution in [0, 0.1) is 23.2 Å². The van der Waals surface area contributed by atoms with Crippen molar-refractivity contribution in [2.24, 2.45) is 23.2 Å². The Bertz CT molecular complexity index is 1090. The van der Waals surface area contributed by atoms with E-state index in [2.05, 4.69) is 19.9 Å². The zero-order chi connectivity index (χ0) is 20.3. The Morgan fingerprint density at radius 2 is 2.03 bits per heavy atom. The molecule has 0 radical (unpaired) electrons. The van der Waals surface area contributed by atoms with E-state index in [1.807, 2.05) is 32.9 Å². The molecular formula is C22H25N5O2. The second-order valence-electron chi connectivity index (χ2n) is 9.22. The molecule has 0 unspecified atom stereocenters. The van der Waals surface area contributed by atoms with Gasteiger partial charge in [0.05, 0.1) is 17.5 Å². The number of aliphatic hydroxyl groups is 1. The monoisotopic (exact) mass is 391 g/mol. The summed E-state index contributed by atoms with van der Waals surface area (Å²) >= 11 is 0. The van der Waals surface area contributed by atoms with Gasteiger partial charge < -0.3 is 15.0 Å². The molecule has 29 heavy (non-hydrogen) atoms. The number of piperidine rings is 1. The standard InChI is InChI=1S/C22H25N5O2/c1-22(2,3)20(29)13-7-24-21-19(13)26-17(8-25-21)12-4-5-23-18(6-12)27-9-14-15(10-27)16(14)11-28/h4-8,14-16,28H,9-11H2,1-3H3,(H,24,25)/t14-,15+,16-. The Balaban J connectivity index is 1.46. The first-order valence-electron chi connectivity index (χ1n) is 10.1. The summed E-state index contributed by atoms with van der Waals surface area (Å²) in [4.78, 5) is 31.9. The van der Waals surface area contributed by atoms with Crippen LogP contribution in [0.1, 0.15) is 31.1 Å². The summed E-state index contributed by atoms with van der Waals surface area (Å²) in [6, 6.07) is 3.96. The van der Waals surface area contributed by atoms with Gasteiger partial charge in [0.15, 0.2) is 11.4 Å². The fourth-order valence-corrected chi connectivity index (χ4v) is 4.47. The number of rotatable bonds is 4. The summed E-state index contributed by atoms with van der Waals surface area (Å²) in [6.07, 6.45) is 5.23. The van der Waals surface area contributed by atoms with Crippen molar-refractivity contribution in [1.82, 2.24) is 19.9 Å². The number of nitrogens with zero attached hydrogens (tertiary/aromatic N) is 4. The fourth-order valence-electron chi connectivity index (χ4n) is 4.47. The molecule has 150 valence electrons. The highest BCUT2D eigenvalue weighted by Crippen LogP contribution is 2.52. The van der Waals surface area contributed by atoms with Crippen LogP contribution < -0.4 is 4.90 Å². The van der Waals surface area contributed by atoms with Gasteiger partial charge in [-0.1, -0.05) is 20.8 Å². The number of fused-ring (bicyclic) bond motifs is 2. The summed E-state index contributed by atoms with van der Waals surface area (Å²) in [5.74, 6) is 2.61. The summed E-state index contributed by atoms with van der Waals surface area (Å²) in [6.45, 7) is 7.89. The van der Waals surface area contributed by atoms with Gasteiger partial charge in [-0.25, -0.2) is 15.0 Å². The molecule has 3 atom stereocenters. The van der Waals surface area contributed by atoms with Crippen molar-refractivity contribution in [2.75, 3.05) is 24.6 Å². The Hall–Kier alpha value is -2.80. The molecule has 2 aliphatic rings. The van der Waals surface area contributed by atoms with Gasteiger partial charge in [-0.05, 0) is 29.9 Å². The normalized spacial score (nSPS) is 23.4. The first-order valence-corrected chi connectivity index (χ1v) is 10.1. The van der Waals surface area contributed by atoms with Crippen LogP contribution in [0.2, 0.25) is 0 Å². The number of hydrogen-bond donors (Lipinski definition) is 2. The number of pyridine rings is 1. The number of anilines is 1. The minimum atomic E-state index is -0.486. The van der Waals surface area contributed by atoms with Crippen LogP contribution in [0.3, 0.4) is 0 Å². The number of nitrogens with one attached hydrogen (secondary N) is 1. The summed E-state index contributed by atoms with van der Waals surface area (Å²) in [7, 11) is 0. The number of carbonyl (C=O) groups excluding carboxylic acids is 1. The van der Waals surface area contributed by atoms with E-state index in [9.17, 15) is 9.90 Å². The molecule has 3 aromatic heterocycles. The second-order valence-corrected chi connectivity index (χ2v) is 9.22. The van der Waals surface area contributed by atoms with E-state index in [1.165, 1.54) is 0 Å². The zero-order valence-corrected chi connectivity index (χ0v) is 16.9. The number of aromatic nitrogens is 4. The number of H-pyrrole nitrogens is 1. The van der Waals surface area contributed by atoms with Crippen LogP contribution in [-0.2, 0) is 0 Å². The molecule has 7 nitrogen and oxygen atoms in total. The molecule has 3 aromatic rings. The summed E-state index contributed by atoms with van der Waals surface area (Å²) in [5.41, 5.74) is 2.96. The van der Waals surface area contributed by atoms with Gasteiger partial charge in [0.1, 0.15) is 11.3 Å². The Morgan fingerprint density at radius 1 is 1.28 bits per heavy atom. The molecular weight excluding hydrogens is 366 g/mol. The number of aromatic amines is 1. The molecule has 0 bridgehead atoms. The van der Waals surface area contributed by atoms with E-state index in [1.54, 1.807) is 18.6 Å². The first kappa shape index (κ1) is 18.2. The van der Waals surface area contributed by atoms with E-state index < -0.39 is 5.41 Å². The maximum Gasteiger partial charge on any atom is 0.171 e. The lowest BCUT2D eigenvalue weighted by molar-refractivity contribution is 0.0860. The molecule has 2 N–H and O–H groups in total. The van der Waals surface area contributed by atoms with Crippen LogP contribution in [0.5, 0.6) is 0 Å². The van der Waals surface area contributed by atoms with Crippen molar-refractivity contribution >= 4 is 22.8 Å². The molecule has 7 heteroatoms. The second kappa shape index (κ2) is 6.35. The average Bonchev–Trinajstić information content (AvgIpc) is 3.05. The average molecular weight is 391 g/mol. The third-order valence-corrected chi connectivity index (χ3v) is 6.25. The SMILES string of the molecule is CC(C)(C)C(=O)c1c[nH]c2ncc(-c3ccnc(N4C[C@@H]5[C@H](CO)[C@@H]5C4)c3)nc12. The molecule has 4 heterocycles. The van der Waals surface area contributed by atoms with E-state index in [0.29, 0.717) is 41.1 Å². The molecule has 2 fully saturated rings. The largest absolute Gasteiger partial charge is 0.396 e. The van der Waals surface area contributed by atoms with E-state index in [4.69, 9.17) is 4.98 Å². The van der Waals surface area contributed by atoms with Gasteiger partial charge in [0.2, 0.25) is 0 Å². The molecule has 5 rings (SSSR count). The maximum absolute atomic E-state index is 12.8. The van der Waals surface area contributed by atoms with E-state index >= 15 is 0 Å². The number of carbonyl (C=O) groups is 1. The predicted octanol–water partition coefficient (Wildman–Crippen LogP) is 2.92. The highest BCUT2D eigenvalue weighted by Gasteiger charge is 2.55. The smallest absolute Gasteiger partial charge is 0.171 e. The molecule has 1 aliphatic heterocycles. The lowest BCUT2D eigenvalue weighted by Gasteiger charge is -2.21. The van der Waals surface area contributed by atoms with Crippen molar-refractivity contribution in [2.45, 2.75) is 20.8 Å². The highest BCUT2D eigenvalue weighted by atomic mass is 16.3. The van der Waals surface area contributed by atoms with Gasteiger partial charge in [-0.3, -0.25) is 4.79 Å². The predicted molar refractivity (Wildman–Crippen MR) is 111 cm³/mol. The summed E-state index contributed by atoms with van der Waals surface area (Å²) in [5, 5.41) is 9.37. The van der Waals surface area contributed by atoms with Gasteiger partial charge >= 0.3 is 0 Å². The van der Waals surface area contributed by atoms with Crippen LogP contribution >= 0.6 is 0 Å². The molecule has 0 aromatic carbocycles. The van der Waals surface area contributed by atoms with Crippen LogP contribution in [0.15, 0.2) is 30.7 Å². The third kappa shape index (κ3) is 3.00. The van der Waals surface area contributed by atoms with E-state index in [0.717, 1.165) is 30.2 Å². The summed E-state index contributed by atoms with van der Waals surface area (Å²) < 4.78 is 0. The number of hydrogen-bond acceptors (Lipinski definition) is 6. The Kier molecular flexibility index (Phi) is 4.00. The number of Topliss-reactive ketones (excluding diaryl/α,β-unsaturated/α-hetero) is 1. The zero-order valence-electron chi connectivity index (χ0n) is 16.9. The van der Waals surface area contributed by atoms with E-state index in [-0.39, 0.29) is 5.78 Å². The molecule has 1 saturated carbocycles. The van der Waals surface area contributed by atoms with Gasteiger partial charge in [0, 0.05) is 43.1 Å². The van der Waals surface area contributed by atoms with Crippen LogP contribution in [0.25, 0.3) is 22.4 Å².